The third-order valence-electron chi connectivity index (χ3n) is 6.05. The maximum absolute atomic E-state index is 12.2. The van der Waals surface area contributed by atoms with E-state index in [9.17, 15) is 4.79 Å². The topological polar surface area (TPSA) is 94.6 Å². The van der Waals surface area contributed by atoms with E-state index in [4.69, 9.17) is 19.2 Å². The number of para-hydroxylation sites is 1. The van der Waals surface area contributed by atoms with Gasteiger partial charge in [0.15, 0.2) is 6.10 Å². The molecule has 8 heteroatoms. The highest BCUT2D eigenvalue weighted by atomic mass is 16.6. The largest absolute Gasteiger partial charge is 0.441 e. The van der Waals surface area contributed by atoms with Crippen LogP contribution in [-0.2, 0) is 14.2 Å². The molecule has 1 amide bonds. The molecule has 0 spiro atoms. The average Bonchev–Trinajstić information content (AvgIpc) is 3.50. The molecule has 30 heavy (non-hydrogen) atoms. The van der Waals surface area contributed by atoms with E-state index in [1.165, 1.54) is 25.7 Å². The molecule has 1 saturated carbocycles. The monoisotopic (exact) mass is 410 g/mol. The number of fused-ring (bicyclic) bond motifs is 1. The minimum atomic E-state index is -0.511. The highest BCUT2D eigenvalue weighted by Crippen LogP contribution is 2.34. The van der Waals surface area contributed by atoms with Gasteiger partial charge in [-0.2, -0.15) is 0 Å². The second kappa shape index (κ2) is 8.57. The fourth-order valence-corrected chi connectivity index (χ4v) is 4.55. The van der Waals surface area contributed by atoms with Gasteiger partial charge in [-0.3, -0.25) is 5.32 Å². The van der Waals surface area contributed by atoms with Crippen molar-refractivity contribution in [2.45, 2.75) is 56.0 Å². The molecule has 1 aromatic carbocycles. The fraction of sp³-hybridized carbons (Fsp3) is 0.500. The number of nitrogens with one attached hydrogen (secondary N) is 2. The number of rotatable bonds is 5. The maximum atomic E-state index is 12.2. The number of nitrogens with zero attached hydrogens (tertiary/aromatic N) is 2. The molecular formula is C22H26N4O4. The van der Waals surface area contributed by atoms with Crippen molar-refractivity contribution in [1.82, 2.24) is 9.97 Å². The highest BCUT2D eigenvalue weighted by Gasteiger charge is 2.49. The summed E-state index contributed by atoms with van der Waals surface area (Å²) >= 11 is 0. The van der Waals surface area contributed by atoms with Crippen molar-refractivity contribution in [2.75, 3.05) is 23.8 Å². The summed E-state index contributed by atoms with van der Waals surface area (Å²) in [6.07, 6.45) is 5.27. The SMILES string of the molecule is O=C(Nc1ccccc1)O[C@@H]1CO[C@H]2[C@@H]1OC[C@@H]2Nc1nccc(C2CCCC2)n1. The Bertz CT molecular complexity index is 874. The smallest absolute Gasteiger partial charge is 0.412 e. The number of hydrogen-bond acceptors (Lipinski definition) is 7. The molecule has 3 heterocycles. The summed E-state index contributed by atoms with van der Waals surface area (Å²) in [5.41, 5.74) is 1.79. The van der Waals surface area contributed by atoms with Gasteiger partial charge in [0.1, 0.15) is 12.2 Å². The number of carbonyl (C=O) groups is 1. The summed E-state index contributed by atoms with van der Waals surface area (Å²) in [7, 11) is 0. The van der Waals surface area contributed by atoms with Gasteiger partial charge >= 0.3 is 6.09 Å². The van der Waals surface area contributed by atoms with Crippen LogP contribution in [0.4, 0.5) is 16.4 Å². The molecule has 1 aromatic heterocycles. The number of ether oxygens (including phenoxy) is 3. The molecule has 3 aliphatic rings. The van der Waals surface area contributed by atoms with Crippen LogP contribution in [0.3, 0.4) is 0 Å². The number of hydrogen-bond donors (Lipinski definition) is 2. The summed E-state index contributed by atoms with van der Waals surface area (Å²) in [6, 6.07) is 11.1. The molecule has 0 radical (unpaired) electrons. The molecule has 2 saturated heterocycles. The van der Waals surface area contributed by atoms with Crippen LogP contribution in [0.5, 0.6) is 0 Å². The lowest BCUT2D eigenvalue weighted by atomic mass is 10.0. The van der Waals surface area contributed by atoms with Gasteiger partial charge in [0.2, 0.25) is 5.95 Å². The molecule has 2 aromatic rings. The summed E-state index contributed by atoms with van der Waals surface area (Å²) in [6.45, 7) is 0.755. The summed E-state index contributed by atoms with van der Waals surface area (Å²) in [5.74, 6) is 1.13. The van der Waals surface area contributed by atoms with Crippen LogP contribution in [0.1, 0.15) is 37.3 Å². The lowest BCUT2D eigenvalue weighted by molar-refractivity contribution is 0.00917. The van der Waals surface area contributed by atoms with Gasteiger partial charge in [-0.05, 0) is 31.0 Å². The van der Waals surface area contributed by atoms with Crippen molar-refractivity contribution in [3.63, 3.8) is 0 Å². The van der Waals surface area contributed by atoms with E-state index in [0.717, 1.165) is 5.69 Å². The third-order valence-corrected chi connectivity index (χ3v) is 6.05. The van der Waals surface area contributed by atoms with Crippen LogP contribution in [0.25, 0.3) is 0 Å². The van der Waals surface area contributed by atoms with Crippen molar-refractivity contribution in [3.8, 4) is 0 Å². The van der Waals surface area contributed by atoms with Crippen LogP contribution < -0.4 is 10.6 Å². The standard InChI is InChI=1S/C22H26N4O4/c27-22(24-15-8-2-1-3-9-15)30-18-13-29-19-17(12-28-20(18)19)26-21-23-11-10-16(25-21)14-6-4-5-7-14/h1-3,8-11,14,17-20H,4-7,12-13H2,(H,24,27)(H,23,25,26)/t17-,18+,19+,20+/m0/s1. The molecule has 5 rings (SSSR count). The van der Waals surface area contributed by atoms with E-state index >= 15 is 0 Å². The van der Waals surface area contributed by atoms with Crippen LogP contribution in [0.15, 0.2) is 42.6 Å². The second-order valence-electron chi connectivity index (χ2n) is 8.07. The first-order valence-corrected chi connectivity index (χ1v) is 10.6. The first kappa shape index (κ1) is 19.3. The molecule has 0 unspecified atom stereocenters. The molecular weight excluding hydrogens is 384 g/mol. The number of carbonyl (C=O) groups excluding carboxylic acids is 1. The Morgan fingerprint density at radius 1 is 1.03 bits per heavy atom. The van der Waals surface area contributed by atoms with Crippen molar-refractivity contribution in [1.29, 1.82) is 0 Å². The van der Waals surface area contributed by atoms with Crippen molar-refractivity contribution < 1.29 is 19.0 Å². The maximum Gasteiger partial charge on any atom is 0.412 e. The second-order valence-corrected chi connectivity index (χ2v) is 8.07. The minimum Gasteiger partial charge on any atom is -0.441 e. The van der Waals surface area contributed by atoms with Crippen LogP contribution in [0.2, 0.25) is 0 Å². The van der Waals surface area contributed by atoms with E-state index < -0.39 is 12.2 Å². The van der Waals surface area contributed by atoms with E-state index in [1.807, 2.05) is 30.5 Å². The summed E-state index contributed by atoms with van der Waals surface area (Å²) < 4.78 is 17.4. The van der Waals surface area contributed by atoms with Gasteiger partial charge in [0.05, 0.1) is 19.3 Å². The number of benzene rings is 1. The van der Waals surface area contributed by atoms with Gasteiger partial charge in [-0.15, -0.1) is 0 Å². The summed E-state index contributed by atoms with van der Waals surface area (Å²) in [4.78, 5) is 21.3. The zero-order chi connectivity index (χ0) is 20.3. The van der Waals surface area contributed by atoms with Gasteiger partial charge in [-0.25, -0.2) is 14.8 Å². The molecule has 2 N–H and O–H groups in total. The normalized spacial score (nSPS) is 28.3. The van der Waals surface area contributed by atoms with Crippen molar-refractivity contribution in [3.05, 3.63) is 48.3 Å². The number of amides is 1. The predicted molar refractivity (Wildman–Crippen MR) is 110 cm³/mol. The van der Waals surface area contributed by atoms with Crippen molar-refractivity contribution in [2.24, 2.45) is 0 Å². The predicted octanol–water partition coefficient (Wildman–Crippen LogP) is 3.33. The summed E-state index contributed by atoms with van der Waals surface area (Å²) in [5, 5.41) is 6.09. The number of aromatic nitrogens is 2. The zero-order valence-electron chi connectivity index (χ0n) is 16.7. The van der Waals surface area contributed by atoms with E-state index in [2.05, 4.69) is 15.6 Å². The molecule has 2 aliphatic heterocycles. The molecule has 1 aliphatic carbocycles. The quantitative estimate of drug-likeness (QED) is 0.781. The zero-order valence-corrected chi connectivity index (χ0v) is 16.7. The van der Waals surface area contributed by atoms with Gasteiger partial charge in [0.25, 0.3) is 0 Å². The average molecular weight is 410 g/mol. The Kier molecular flexibility index (Phi) is 5.50. The molecule has 3 fully saturated rings. The third kappa shape index (κ3) is 4.11. The molecule has 8 nitrogen and oxygen atoms in total. The fourth-order valence-electron chi connectivity index (χ4n) is 4.55. The van der Waals surface area contributed by atoms with E-state index in [0.29, 0.717) is 30.8 Å². The van der Waals surface area contributed by atoms with Gasteiger partial charge in [0, 0.05) is 23.5 Å². The first-order chi connectivity index (χ1) is 14.8. The molecule has 158 valence electrons. The van der Waals surface area contributed by atoms with Gasteiger partial charge < -0.3 is 19.5 Å². The lowest BCUT2D eigenvalue weighted by Gasteiger charge is -2.18. The van der Waals surface area contributed by atoms with E-state index in [-0.39, 0.29) is 18.2 Å². The molecule has 0 bridgehead atoms. The number of anilines is 2. The lowest BCUT2D eigenvalue weighted by Crippen LogP contribution is -2.38. The van der Waals surface area contributed by atoms with Gasteiger partial charge in [-0.1, -0.05) is 31.0 Å². The first-order valence-electron chi connectivity index (χ1n) is 10.6. The Labute approximate surface area is 175 Å². The molecule has 4 atom stereocenters. The van der Waals surface area contributed by atoms with Crippen LogP contribution in [0, 0.1) is 0 Å². The highest BCUT2D eigenvalue weighted by molar-refractivity contribution is 5.84. The Morgan fingerprint density at radius 3 is 2.67 bits per heavy atom. The van der Waals surface area contributed by atoms with Crippen LogP contribution in [-0.4, -0.2) is 53.6 Å². The Hall–Kier alpha value is -2.71. The van der Waals surface area contributed by atoms with Crippen LogP contribution >= 0.6 is 0 Å². The van der Waals surface area contributed by atoms with E-state index in [1.54, 1.807) is 12.1 Å². The van der Waals surface area contributed by atoms with Crippen molar-refractivity contribution >= 4 is 17.7 Å². The Balaban J connectivity index is 1.18. The minimum absolute atomic E-state index is 0.0837. The Morgan fingerprint density at radius 2 is 1.83 bits per heavy atom.